The molecule has 1 amide bonds. The molecule has 3 N–H and O–H groups in total. The van der Waals surface area contributed by atoms with Gasteiger partial charge >= 0.3 is 5.97 Å². The number of amides is 1. The second-order valence-corrected chi connectivity index (χ2v) is 7.76. The summed E-state index contributed by atoms with van der Waals surface area (Å²) in [7, 11) is -3.43. The van der Waals surface area contributed by atoms with E-state index < -0.39 is 34.0 Å². The molecule has 2 aromatic carbocycles. The number of esters is 1. The highest BCUT2D eigenvalue weighted by molar-refractivity contribution is 7.92. The van der Waals surface area contributed by atoms with Crippen LogP contribution >= 0.6 is 0 Å². The quantitative estimate of drug-likeness (QED) is 0.571. The van der Waals surface area contributed by atoms with Crippen molar-refractivity contribution in [1.82, 2.24) is 5.32 Å². The summed E-state index contributed by atoms with van der Waals surface area (Å²) < 4.78 is 29.7. The van der Waals surface area contributed by atoms with Crippen LogP contribution in [0.1, 0.15) is 28.9 Å². The first-order valence-corrected chi connectivity index (χ1v) is 10.4. The van der Waals surface area contributed by atoms with Crippen molar-refractivity contribution in [3.63, 3.8) is 0 Å². The third-order valence-corrected chi connectivity index (χ3v) is 4.34. The van der Waals surface area contributed by atoms with Gasteiger partial charge in [0.15, 0.2) is 6.04 Å². The SMILES string of the molecule is CCOC(=O)C(NC(=O)c1ccc(NS(C)(=O)=O)cc1)C(O)c1ccccc1. The van der Waals surface area contributed by atoms with E-state index in [4.69, 9.17) is 4.74 Å². The third kappa shape index (κ3) is 6.07. The summed E-state index contributed by atoms with van der Waals surface area (Å²) in [4.78, 5) is 24.8. The number of rotatable bonds is 8. The Kier molecular flexibility index (Phi) is 7.13. The Hall–Kier alpha value is -2.91. The summed E-state index contributed by atoms with van der Waals surface area (Å²) in [5.41, 5.74) is 0.937. The van der Waals surface area contributed by atoms with Crippen LogP contribution in [-0.2, 0) is 19.6 Å². The van der Waals surface area contributed by atoms with Crippen molar-refractivity contribution in [3.8, 4) is 0 Å². The first-order valence-electron chi connectivity index (χ1n) is 8.49. The van der Waals surface area contributed by atoms with E-state index >= 15 is 0 Å². The minimum Gasteiger partial charge on any atom is -0.464 e. The molecule has 0 aromatic heterocycles. The van der Waals surface area contributed by atoms with Crippen molar-refractivity contribution in [2.75, 3.05) is 17.6 Å². The Bertz CT molecular complexity index is 913. The maximum atomic E-state index is 12.5. The smallest absolute Gasteiger partial charge is 0.331 e. The number of ether oxygens (including phenoxy) is 1. The summed E-state index contributed by atoms with van der Waals surface area (Å²) in [6.45, 7) is 1.72. The summed E-state index contributed by atoms with van der Waals surface area (Å²) in [5, 5.41) is 13.0. The van der Waals surface area contributed by atoms with Crippen molar-refractivity contribution < 1.29 is 27.9 Å². The first-order chi connectivity index (χ1) is 13.2. The number of anilines is 1. The zero-order chi connectivity index (χ0) is 20.7. The van der Waals surface area contributed by atoms with Crippen LogP contribution in [0.25, 0.3) is 0 Å². The van der Waals surface area contributed by atoms with E-state index in [0.29, 0.717) is 11.3 Å². The van der Waals surface area contributed by atoms with Crippen LogP contribution in [0, 0.1) is 0 Å². The van der Waals surface area contributed by atoms with Crippen molar-refractivity contribution in [2.45, 2.75) is 19.1 Å². The van der Waals surface area contributed by atoms with Gasteiger partial charge in [0.25, 0.3) is 5.91 Å². The van der Waals surface area contributed by atoms with Crippen molar-refractivity contribution in [3.05, 3.63) is 65.7 Å². The molecule has 9 heteroatoms. The number of sulfonamides is 1. The maximum absolute atomic E-state index is 12.5. The average Bonchev–Trinajstić information content (AvgIpc) is 2.65. The molecule has 0 aliphatic rings. The van der Waals surface area contributed by atoms with E-state index in [-0.39, 0.29) is 12.2 Å². The summed E-state index contributed by atoms with van der Waals surface area (Å²) in [6.07, 6.45) is -0.280. The van der Waals surface area contributed by atoms with Gasteiger partial charge in [-0.15, -0.1) is 0 Å². The van der Waals surface area contributed by atoms with E-state index in [2.05, 4.69) is 10.0 Å². The van der Waals surface area contributed by atoms with Gasteiger partial charge in [0, 0.05) is 11.3 Å². The normalized spacial score (nSPS) is 13.2. The Morgan fingerprint density at radius 2 is 1.68 bits per heavy atom. The first kappa shape index (κ1) is 21.4. The van der Waals surface area contributed by atoms with Crippen LogP contribution in [0.2, 0.25) is 0 Å². The fourth-order valence-corrected chi connectivity index (χ4v) is 3.03. The molecule has 0 saturated heterocycles. The number of aliphatic hydroxyl groups is 1. The molecule has 0 aliphatic carbocycles. The lowest BCUT2D eigenvalue weighted by molar-refractivity contribution is -0.148. The molecule has 2 atom stereocenters. The van der Waals surface area contributed by atoms with Crippen LogP contribution < -0.4 is 10.0 Å². The second kappa shape index (κ2) is 9.34. The number of benzene rings is 2. The van der Waals surface area contributed by atoms with Gasteiger partial charge in [0.1, 0.15) is 6.10 Å². The van der Waals surface area contributed by atoms with Gasteiger partial charge in [-0.3, -0.25) is 9.52 Å². The maximum Gasteiger partial charge on any atom is 0.331 e. The third-order valence-electron chi connectivity index (χ3n) is 3.73. The largest absolute Gasteiger partial charge is 0.464 e. The number of hydrogen-bond donors (Lipinski definition) is 3. The molecule has 8 nitrogen and oxygen atoms in total. The zero-order valence-electron chi connectivity index (χ0n) is 15.5. The zero-order valence-corrected chi connectivity index (χ0v) is 16.3. The Morgan fingerprint density at radius 3 is 2.21 bits per heavy atom. The van der Waals surface area contributed by atoms with Crippen molar-refractivity contribution in [2.24, 2.45) is 0 Å². The van der Waals surface area contributed by atoms with E-state index in [1.54, 1.807) is 37.3 Å². The Balaban J connectivity index is 2.19. The molecule has 28 heavy (non-hydrogen) atoms. The van der Waals surface area contributed by atoms with Crippen molar-refractivity contribution >= 4 is 27.6 Å². The molecule has 2 unspecified atom stereocenters. The highest BCUT2D eigenvalue weighted by atomic mass is 32.2. The lowest BCUT2D eigenvalue weighted by Gasteiger charge is -2.23. The van der Waals surface area contributed by atoms with Gasteiger partial charge in [-0.2, -0.15) is 0 Å². The lowest BCUT2D eigenvalue weighted by Crippen LogP contribution is -2.46. The molecule has 0 fully saturated rings. The molecule has 0 saturated carbocycles. The van der Waals surface area contributed by atoms with Crippen LogP contribution in [0.15, 0.2) is 54.6 Å². The standard InChI is InChI=1S/C19H22N2O6S/c1-3-27-19(24)16(17(22)13-7-5-4-6-8-13)20-18(23)14-9-11-15(12-10-14)21-28(2,25)26/h4-12,16-17,21-22H,3H2,1-2H3,(H,20,23). The fourth-order valence-electron chi connectivity index (χ4n) is 2.47. The second-order valence-electron chi connectivity index (χ2n) is 6.01. The topological polar surface area (TPSA) is 122 Å². The van der Waals surface area contributed by atoms with E-state index in [9.17, 15) is 23.1 Å². The highest BCUT2D eigenvalue weighted by Gasteiger charge is 2.31. The Morgan fingerprint density at radius 1 is 1.07 bits per heavy atom. The van der Waals surface area contributed by atoms with Crippen molar-refractivity contribution in [1.29, 1.82) is 0 Å². The molecular formula is C19H22N2O6S. The minimum absolute atomic E-state index is 0.0958. The van der Waals surface area contributed by atoms with Gasteiger partial charge in [-0.1, -0.05) is 30.3 Å². The van der Waals surface area contributed by atoms with E-state index in [0.717, 1.165) is 6.26 Å². The molecule has 0 bridgehead atoms. The molecule has 0 spiro atoms. The monoisotopic (exact) mass is 406 g/mol. The van der Waals surface area contributed by atoms with Gasteiger partial charge in [0.2, 0.25) is 10.0 Å². The summed E-state index contributed by atoms with van der Waals surface area (Å²) in [6, 6.07) is 12.8. The molecule has 0 heterocycles. The number of nitrogens with one attached hydrogen (secondary N) is 2. The lowest BCUT2D eigenvalue weighted by atomic mass is 10.0. The minimum atomic E-state index is -3.43. The van der Waals surface area contributed by atoms with Crippen LogP contribution in [0.5, 0.6) is 0 Å². The van der Waals surface area contributed by atoms with Crippen LogP contribution in [-0.4, -0.2) is 44.3 Å². The fraction of sp³-hybridized carbons (Fsp3) is 0.263. The molecule has 2 rings (SSSR count). The van der Waals surface area contributed by atoms with Crippen LogP contribution in [0.3, 0.4) is 0 Å². The molecule has 150 valence electrons. The number of carbonyl (C=O) groups is 2. The molecular weight excluding hydrogens is 384 g/mol. The predicted octanol–water partition coefficient (Wildman–Crippen LogP) is 1.45. The van der Waals surface area contributed by atoms with Gasteiger partial charge in [-0.05, 0) is 36.8 Å². The molecule has 0 aliphatic heterocycles. The van der Waals surface area contributed by atoms with Gasteiger partial charge in [0.05, 0.1) is 12.9 Å². The van der Waals surface area contributed by atoms with E-state index in [1.807, 2.05) is 0 Å². The summed E-state index contributed by atoms with van der Waals surface area (Å²) in [5.74, 6) is -1.37. The number of hydrogen-bond acceptors (Lipinski definition) is 6. The number of carbonyl (C=O) groups excluding carboxylic acids is 2. The van der Waals surface area contributed by atoms with Crippen LogP contribution in [0.4, 0.5) is 5.69 Å². The van der Waals surface area contributed by atoms with Gasteiger partial charge in [-0.25, -0.2) is 13.2 Å². The number of aliphatic hydroxyl groups excluding tert-OH is 1. The average molecular weight is 406 g/mol. The highest BCUT2D eigenvalue weighted by Crippen LogP contribution is 2.19. The predicted molar refractivity (Wildman–Crippen MR) is 104 cm³/mol. The van der Waals surface area contributed by atoms with E-state index in [1.165, 1.54) is 24.3 Å². The molecule has 0 radical (unpaired) electrons. The Labute approximate surface area is 163 Å². The molecule has 2 aromatic rings. The summed E-state index contributed by atoms with van der Waals surface area (Å²) >= 11 is 0. The van der Waals surface area contributed by atoms with Gasteiger partial charge < -0.3 is 15.2 Å².